The Hall–Kier alpha value is -2.60. The maximum absolute atomic E-state index is 12.9. The van der Waals surface area contributed by atoms with Crippen LogP contribution in [-0.2, 0) is 20.4 Å². The van der Waals surface area contributed by atoms with E-state index in [4.69, 9.17) is 28.5 Å². The molecule has 0 saturated heterocycles. The SMILES string of the molecule is N#CCNC(=O)C(CNC(=O)c1ccccc1)S(=O)(=O)Cc1ccc(Cl)c(Cl)c1. The summed E-state index contributed by atoms with van der Waals surface area (Å²) >= 11 is 11.8. The summed E-state index contributed by atoms with van der Waals surface area (Å²) < 4.78 is 25.8. The Balaban J connectivity index is 2.21. The average Bonchev–Trinajstić information content (AvgIpc) is 2.69. The summed E-state index contributed by atoms with van der Waals surface area (Å²) in [7, 11) is -4.05. The van der Waals surface area contributed by atoms with E-state index in [2.05, 4.69) is 10.6 Å². The molecule has 152 valence electrons. The summed E-state index contributed by atoms with van der Waals surface area (Å²) in [5.74, 6) is -1.89. The van der Waals surface area contributed by atoms with E-state index in [1.807, 2.05) is 0 Å². The van der Waals surface area contributed by atoms with Crippen molar-refractivity contribution >= 4 is 44.9 Å². The molecule has 2 N–H and O–H groups in total. The molecule has 1 unspecified atom stereocenters. The van der Waals surface area contributed by atoms with Crippen LogP contribution in [-0.4, -0.2) is 38.6 Å². The molecule has 2 aromatic carbocycles. The Morgan fingerprint density at radius 1 is 1.03 bits per heavy atom. The lowest BCUT2D eigenvalue weighted by Gasteiger charge is -2.18. The van der Waals surface area contributed by atoms with E-state index < -0.39 is 39.2 Å². The van der Waals surface area contributed by atoms with Crippen molar-refractivity contribution in [2.24, 2.45) is 0 Å². The molecule has 0 aliphatic carbocycles. The van der Waals surface area contributed by atoms with Gasteiger partial charge in [-0.2, -0.15) is 5.26 Å². The number of carbonyl (C=O) groups is 2. The second-order valence-electron chi connectivity index (χ2n) is 6.00. The fourth-order valence-corrected chi connectivity index (χ4v) is 4.38. The van der Waals surface area contributed by atoms with Crippen molar-refractivity contribution in [2.45, 2.75) is 11.0 Å². The lowest BCUT2D eigenvalue weighted by molar-refractivity contribution is -0.120. The fraction of sp³-hybridized carbons (Fsp3) is 0.211. The van der Waals surface area contributed by atoms with Gasteiger partial charge < -0.3 is 10.6 Å². The Kier molecular flexibility index (Phi) is 8.02. The summed E-state index contributed by atoms with van der Waals surface area (Å²) in [6, 6.07) is 14.2. The van der Waals surface area contributed by atoms with Crippen LogP contribution in [0.4, 0.5) is 0 Å². The van der Waals surface area contributed by atoms with Gasteiger partial charge >= 0.3 is 0 Å². The molecule has 0 radical (unpaired) electrons. The van der Waals surface area contributed by atoms with Gasteiger partial charge in [0.2, 0.25) is 5.91 Å². The van der Waals surface area contributed by atoms with Crippen molar-refractivity contribution in [1.82, 2.24) is 10.6 Å². The molecule has 2 aromatic rings. The van der Waals surface area contributed by atoms with Gasteiger partial charge in [-0.3, -0.25) is 9.59 Å². The third-order valence-corrected chi connectivity index (χ3v) is 6.63. The molecule has 0 bridgehead atoms. The third-order valence-electron chi connectivity index (χ3n) is 3.90. The maximum atomic E-state index is 12.9. The molecule has 0 aliphatic rings. The largest absolute Gasteiger partial charge is 0.350 e. The number of hydrogen-bond acceptors (Lipinski definition) is 5. The van der Waals surface area contributed by atoms with E-state index in [1.165, 1.54) is 18.2 Å². The minimum atomic E-state index is -4.05. The normalized spacial score (nSPS) is 11.9. The van der Waals surface area contributed by atoms with Crippen molar-refractivity contribution in [3.63, 3.8) is 0 Å². The number of amides is 2. The summed E-state index contributed by atoms with van der Waals surface area (Å²) in [6.07, 6.45) is 0. The third kappa shape index (κ3) is 6.46. The number of carbonyl (C=O) groups excluding carboxylic acids is 2. The van der Waals surface area contributed by atoms with E-state index in [9.17, 15) is 18.0 Å². The minimum Gasteiger partial charge on any atom is -0.350 e. The number of rotatable bonds is 8. The lowest BCUT2D eigenvalue weighted by Crippen LogP contribution is -2.47. The maximum Gasteiger partial charge on any atom is 0.251 e. The molecule has 7 nitrogen and oxygen atoms in total. The second kappa shape index (κ2) is 10.3. The van der Waals surface area contributed by atoms with Crippen molar-refractivity contribution in [2.75, 3.05) is 13.1 Å². The Morgan fingerprint density at radius 3 is 2.34 bits per heavy atom. The zero-order valence-electron chi connectivity index (χ0n) is 15.1. The molecule has 0 aliphatic heterocycles. The Bertz CT molecular complexity index is 1040. The van der Waals surface area contributed by atoms with Gasteiger partial charge in [-0.05, 0) is 29.8 Å². The highest BCUT2D eigenvalue weighted by molar-refractivity contribution is 7.92. The molecule has 29 heavy (non-hydrogen) atoms. The second-order valence-corrected chi connectivity index (χ2v) is 8.99. The molecule has 0 fully saturated rings. The quantitative estimate of drug-likeness (QED) is 0.594. The zero-order chi connectivity index (χ0) is 21.4. The number of nitriles is 1. The molecule has 2 rings (SSSR count). The Labute approximate surface area is 178 Å². The van der Waals surface area contributed by atoms with E-state index >= 15 is 0 Å². The first-order valence-electron chi connectivity index (χ1n) is 8.38. The molecular formula is C19H17Cl2N3O4S. The first kappa shape index (κ1) is 22.7. The number of nitrogens with one attached hydrogen (secondary N) is 2. The van der Waals surface area contributed by atoms with Gasteiger partial charge in [0, 0.05) is 12.1 Å². The molecule has 1 atom stereocenters. The number of nitrogens with zero attached hydrogens (tertiary/aromatic N) is 1. The highest BCUT2D eigenvalue weighted by Gasteiger charge is 2.33. The van der Waals surface area contributed by atoms with Crippen LogP contribution in [0, 0.1) is 11.3 Å². The van der Waals surface area contributed by atoms with Gasteiger partial charge in [-0.1, -0.05) is 47.5 Å². The van der Waals surface area contributed by atoms with Crippen LogP contribution in [0.2, 0.25) is 10.0 Å². The van der Waals surface area contributed by atoms with Crippen LogP contribution < -0.4 is 10.6 Å². The predicted molar refractivity (Wildman–Crippen MR) is 110 cm³/mol. The Morgan fingerprint density at radius 2 is 1.72 bits per heavy atom. The number of benzene rings is 2. The van der Waals surface area contributed by atoms with Crippen LogP contribution in [0.15, 0.2) is 48.5 Å². The topological polar surface area (TPSA) is 116 Å². The minimum absolute atomic E-state index is 0.183. The van der Waals surface area contributed by atoms with Crippen LogP contribution >= 0.6 is 23.2 Å². The molecule has 0 spiro atoms. The van der Waals surface area contributed by atoms with Gasteiger partial charge in [0.1, 0.15) is 6.54 Å². The average molecular weight is 454 g/mol. The van der Waals surface area contributed by atoms with Crippen LogP contribution in [0.1, 0.15) is 15.9 Å². The van der Waals surface area contributed by atoms with E-state index in [-0.39, 0.29) is 16.6 Å². The fourth-order valence-electron chi connectivity index (χ4n) is 2.46. The monoisotopic (exact) mass is 453 g/mol. The van der Waals surface area contributed by atoms with Gasteiger partial charge in [0.25, 0.3) is 5.91 Å². The predicted octanol–water partition coefficient (Wildman–Crippen LogP) is 2.35. The van der Waals surface area contributed by atoms with Crippen molar-refractivity contribution in [1.29, 1.82) is 5.26 Å². The van der Waals surface area contributed by atoms with Gasteiger partial charge in [0.05, 0.1) is 21.9 Å². The molecular weight excluding hydrogens is 437 g/mol. The standard InChI is InChI=1S/C19H17Cl2N3O4S/c20-15-7-6-13(10-16(15)21)12-29(27,28)17(19(26)23-9-8-22)11-24-18(25)14-4-2-1-3-5-14/h1-7,10,17H,9,11-12H2,(H,23,26)(H,24,25). The van der Waals surface area contributed by atoms with Crippen LogP contribution in [0.3, 0.4) is 0 Å². The summed E-state index contributed by atoms with van der Waals surface area (Å²) in [5.41, 5.74) is 0.664. The van der Waals surface area contributed by atoms with E-state index in [0.717, 1.165) is 0 Å². The zero-order valence-corrected chi connectivity index (χ0v) is 17.4. The van der Waals surface area contributed by atoms with Gasteiger partial charge in [-0.15, -0.1) is 0 Å². The number of hydrogen-bond donors (Lipinski definition) is 2. The van der Waals surface area contributed by atoms with Crippen molar-refractivity contribution in [3.8, 4) is 6.07 Å². The smallest absolute Gasteiger partial charge is 0.251 e. The highest BCUT2D eigenvalue weighted by Crippen LogP contribution is 2.24. The van der Waals surface area contributed by atoms with E-state index in [1.54, 1.807) is 36.4 Å². The summed E-state index contributed by atoms with van der Waals surface area (Å²) in [5, 5.41) is 12.2. The molecule has 10 heteroatoms. The van der Waals surface area contributed by atoms with Gasteiger partial charge in [0.15, 0.2) is 15.1 Å². The lowest BCUT2D eigenvalue weighted by atomic mass is 10.2. The van der Waals surface area contributed by atoms with Crippen LogP contribution in [0.25, 0.3) is 0 Å². The van der Waals surface area contributed by atoms with Gasteiger partial charge in [-0.25, -0.2) is 8.42 Å². The summed E-state index contributed by atoms with van der Waals surface area (Å²) in [6.45, 7) is -0.807. The van der Waals surface area contributed by atoms with Crippen molar-refractivity contribution in [3.05, 3.63) is 69.7 Å². The van der Waals surface area contributed by atoms with Crippen LogP contribution in [0.5, 0.6) is 0 Å². The molecule has 0 heterocycles. The first-order chi connectivity index (χ1) is 13.7. The molecule has 0 aromatic heterocycles. The highest BCUT2D eigenvalue weighted by atomic mass is 35.5. The number of sulfone groups is 1. The van der Waals surface area contributed by atoms with Crippen molar-refractivity contribution < 1.29 is 18.0 Å². The molecule has 0 saturated carbocycles. The summed E-state index contributed by atoms with van der Waals surface area (Å²) in [4.78, 5) is 24.6. The molecule has 2 amide bonds. The first-order valence-corrected chi connectivity index (χ1v) is 10.8. The van der Waals surface area contributed by atoms with E-state index in [0.29, 0.717) is 11.1 Å². The number of halogens is 2.